The molecule has 4 heteroatoms. The van der Waals surface area contributed by atoms with Gasteiger partial charge in [-0.2, -0.15) is 0 Å². The summed E-state index contributed by atoms with van der Waals surface area (Å²) in [6.45, 7) is 3.70. The second-order valence-corrected chi connectivity index (χ2v) is 5.45. The van der Waals surface area contributed by atoms with Crippen molar-refractivity contribution in [1.29, 1.82) is 0 Å². The number of piperidine rings is 1. The lowest BCUT2D eigenvalue weighted by Crippen LogP contribution is -2.56. The Labute approximate surface area is 113 Å². The quantitative estimate of drug-likeness (QED) is 0.836. The third-order valence-electron chi connectivity index (χ3n) is 4.26. The summed E-state index contributed by atoms with van der Waals surface area (Å²) in [4.78, 5) is 16.8. The highest BCUT2D eigenvalue weighted by Crippen LogP contribution is 2.24. The molecule has 2 saturated heterocycles. The summed E-state index contributed by atoms with van der Waals surface area (Å²) in [6.07, 6.45) is 3.73. The molecule has 4 nitrogen and oxygen atoms in total. The average Bonchev–Trinajstić information content (AvgIpc) is 2.46. The largest absolute Gasteiger partial charge is 0.507 e. The van der Waals surface area contributed by atoms with Crippen LogP contribution in [0.2, 0.25) is 0 Å². The Morgan fingerprint density at radius 3 is 2.84 bits per heavy atom. The molecule has 102 valence electrons. The predicted octanol–water partition coefficient (Wildman–Crippen LogP) is 1.70. The van der Waals surface area contributed by atoms with Crippen LogP contribution in [0, 0.1) is 0 Å². The van der Waals surface area contributed by atoms with E-state index in [1.807, 2.05) is 4.90 Å². The van der Waals surface area contributed by atoms with Crippen LogP contribution in [0.25, 0.3) is 0 Å². The van der Waals surface area contributed by atoms with Gasteiger partial charge in [0.05, 0.1) is 5.56 Å². The number of nitrogens with zero attached hydrogens (tertiary/aromatic N) is 2. The second kappa shape index (κ2) is 5.21. The third-order valence-corrected chi connectivity index (χ3v) is 4.26. The molecule has 3 rings (SSSR count). The fraction of sp³-hybridized carbons (Fsp3) is 0.533. The molecule has 2 heterocycles. The Hall–Kier alpha value is -1.55. The van der Waals surface area contributed by atoms with Gasteiger partial charge in [-0.15, -0.1) is 0 Å². The third kappa shape index (κ3) is 2.45. The van der Waals surface area contributed by atoms with Crippen LogP contribution in [0.4, 0.5) is 0 Å². The number of rotatable bonds is 1. The van der Waals surface area contributed by atoms with Crippen molar-refractivity contribution in [3.63, 3.8) is 0 Å². The van der Waals surface area contributed by atoms with Gasteiger partial charge in [-0.1, -0.05) is 18.6 Å². The number of carbonyl (C=O) groups excluding carboxylic acids is 1. The second-order valence-electron chi connectivity index (χ2n) is 5.45. The number of carbonyl (C=O) groups is 1. The van der Waals surface area contributed by atoms with Crippen LogP contribution in [0.3, 0.4) is 0 Å². The lowest BCUT2D eigenvalue weighted by molar-refractivity contribution is 0.0370. The van der Waals surface area contributed by atoms with Crippen LogP contribution in [-0.2, 0) is 0 Å². The molecule has 1 amide bonds. The van der Waals surface area contributed by atoms with Crippen LogP contribution >= 0.6 is 0 Å². The first-order valence-corrected chi connectivity index (χ1v) is 7.07. The van der Waals surface area contributed by atoms with Gasteiger partial charge in [-0.05, 0) is 31.5 Å². The maximum absolute atomic E-state index is 12.4. The molecule has 1 aromatic rings. The smallest absolute Gasteiger partial charge is 0.257 e. The molecular formula is C15H20N2O2. The minimum Gasteiger partial charge on any atom is -0.507 e. The number of hydrogen-bond acceptors (Lipinski definition) is 3. The van der Waals surface area contributed by atoms with E-state index in [2.05, 4.69) is 4.90 Å². The molecule has 1 atom stereocenters. The first-order chi connectivity index (χ1) is 9.25. The Balaban J connectivity index is 1.73. The Morgan fingerprint density at radius 2 is 2.00 bits per heavy atom. The SMILES string of the molecule is O=C(c1ccccc1O)N1CCN2CCCC[C@H]2C1. The number of phenolic OH excluding ortho intramolecular Hbond substituents is 1. The Bertz CT molecular complexity index is 475. The van der Waals surface area contributed by atoms with E-state index in [4.69, 9.17) is 0 Å². The molecule has 2 aliphatic heterocycles. The molecule has 1 N–H and O–H groups in total. The molecule has 0 unspecified atom stereocenters. The molecule has 0 bridgehead atoms. The summed E-state index contributed by atoms with van der Waals surface area (Å²) in [5, 5.41) is 9.79. The van der Waals surface area contributed by atoms with Gasteiger partial charge in [0.25, 0.3) is 5.91 Å². The van der Waals surface area contributed by atoms with Crippen molar-refractivity contribution in [2.45, 2.75) is 25.3 Å². The summed E-state index contributed by atoms with van der Waals surface area (Å²) in [7, 11) is 0. The number of benzene rings is 1. The number of piperazine rings is 1. The summed E-state index contributed by atoms with van der Waals surface area (Å²) >= 11 is 0. The number of para-hydroxylation sites is 1. The Kier molecular flexibility index (Phi) is 3.42. The standard InChI is InChI=1S/C15H20N2O2/c18-14-7-2-1-6-13(14)15(19)17-10-9-16-8-4-3-5-12(16)11-17/h1-2,6-7,12,18H,3-5,8-11H2/t12-/m0/s1. The van der Waals surface area contributed by atoms with Gasteiger partial charge in [0.2, 0.25) is 0 Å². The lowest BCUT2D eigenvalue weighted by Gasteiger charge is -2.44. The molecule has 19 heavy (non-hydrogen) atoms. The van der Waals surface area contributed by atoms with Gasteiger partial charge in [0.1, 0.15) is 5.75 Å². The molecule has 0 saturated carbocycles. The fourth-order valence-corrected chi connectivity index (χ4v) is 3.17. The molecular weight excluding hydrogens is 240 g/mol. The molecule has 0 spiro atoms. The van der Waals surface area contributed by atoms with E-state index in [1.165, 1.54) is 25.8 Å². The highest BCUT2D eigenvalue weighted by atomic mass is 16.3. The minimum absolute atomic E-state index is 0.0386. The highest BCUT2D eigenvalue weighted by Gasteiger charge is 2.31. The van der Waals surface area contributed by atoms with E-state index >= 15 is 0 Å². The maximum Gasteiger partial charge on any atom is 0.257 e. The summed E-state index contributed by atoms with van der Waals surface area (Å²) in [6, 6.07) is 7.32. The first-order valence-electron chi connectivity index (χ1n) is 7.07. The molecule has 1 aromatic carbocycles. The average molecular weight is 260 g/mol. The van der Waals surface area contributed by atoms with Crippen LogP contribution in [-0.4, -0.2) is 53.0 Å². The molecule has 0 aromatic heterocycles. The number of aromatic hydroxyl groups is 1. The van der Waals surface area contributed by atoms with Gasteiger partial charge in [0.15, 0.2) is 0 Å². The first kappa shape index (κ1) is 12.5. The summed E-state index contributed by atoms with van der Waals surface area (Å²) in [5.41, 5.74) is 0.423. The topological polar surface area (TPSA) is 43.8 Å². The van der Waals surface area contributed by atoms with Gasteiger partial charge in [-0.25, -0.2) is 0 Å². The van der Waals surface area contributed by atoms with Gasteiger partial charge >= 0.3 is 0 Å². The van der Waals surface area contributed by atoms with E-state index in [0.717, 1.165) is 19.6 Å². The highest BCUT2D eigenvalue weighted by molar-refractivity contribution is 5.96. The number of fused-ring (bicyclic) bond motifs is 1. The molecule has 0 aliphatic carbocycles. The van der Waals surface area contributed by atoms with Gasteiger partial charge in [0, 0.05) is 25.7 Å². The van der Waals surface area contributed by atoms with Crippen LogP contribution < -0.4 is 0 Å². The number of amides is 1. The van der Waals surface area contributed by atoms with Gasteiger partial charge < -0.3 is 10.0 Å². The zero-order chi connectivity index (χ0) is 13.2. The number of phenols is 1. The monoisotopic (exact) mass is 260 g/mol. The van der Waals surface area contributed by atoms with Gasteiger partial charge in [-0.3, -0.25) is 9.69 Å². The van der Waals surface area contributed by atoms with Crippen molar-refractivity contribution in [3.05, 3.63) is 29.8 Å². The van der Waals surface area contributed by atoms with E-state index in [9.17, 15) is 9.90 Å². The van der Waals surface area contributed by atoms with Crippen molar-refractivity contribution in [2.24, 2.45) is 0 Å². The normalized spacial score (nSPS) is 24.0. The summed E-state index contributed by atoms with van der Waals surface area (Å²) in [5.74, 6) is 0.0434. The predicted molar refractivity (Wildman–Crippen MR) is 73.2 cm³/mol. The van der Waals surface area contributed by atoms with E-state index in [-0.39, 0.29) is 11.7 Å². The molecule has 2 fully saturated rings. The van der Waals surface area contributed by atoms with Crippen LogP contribution in [0.15, 0.2) is 24.3 Å². The zero-order valence-electron chi connectivity index (χ0n) is 11.1. The zero-order valence-corrected chi connectivity index (χ0v) is 11.1. The minimum atomic E-state index is -0.0386. The van der Waals surface area contributed by atoms with Crippen molar-refractivity contribution < 1.29 is 9.90 Å². The molecule has 0 radical (unpaired) electrons. The van der Waals surface area contributed by atoms with E-state index in [0.29, 0.717) is 11.6 Å². The van der Waals surface area contributed by atoms with E-state index in [1.54, 1.807) is 24.3 Å². The lowest BCUT2D eigenvalue weighted by atomic mass is 9.99. The Morgan fingerprint density at radius 1 is 1.16 bits per heavy atom. The van der Waals surface area contributed by atoms with Crippen molar-refractivity contribution in [3.8, 4) is 5.75 Å². The van der Waals surface area contributed by atoms with Crippen LogP contribution in [0.1, 0.15) is 29.6 Å². The summed E-state index contributed by atoms with van der Waals surface area (Å²) < 4.78 is 0. The van der Waals surface area contributed by atoms with E-state index < -0.39 is 0 Å². The van der Waals surface area contributed by atoms with Crippen molar-refractivity contribution in [1.82, 2.24) is 9.80 Å². The van der Waals surface area contributed by atoms with Crippen molar-refractivity contribution in [2.75, 3.05) is 26.2 Å². The van der Waals surface area contributed by atoms with Crippen LogP contribution in [0.5, 0.6) is 5.75 Å². The molecule has 2 aliphatic rings. The van der Waals surface area contributed by atoms with Crippen molar-refractivity contribution >= 4 is 5.91 Å². The number of hydrogen-bond donors (Lipinski definition) is 1. The fourth-order valence-electron chi connectivity index (χ4n) is 3.17. The maximum atomic E-state index is 12.4.